The second-order valence-electron chi connectivity index (χ2n) is 7.54. The number of aryl methyl sites for hydroxylation is 2. The van der Waals surface area contributed by atoms with Crippen molar-refractivity contribution in [1.82, 2.24) is 29.4 Å². The van der Waals surface area contributed by atoms with E-state index >= 15 is 0 Å². The molecule has 3 heterocycles. The van der Waals surface area contributed by atoms with Gasteiger partial charge in [0.15, 0.2) is 0 Å². The monoisotopic (exact) mass is 410 g/mol. The molecule has 0 aliphatic carbocycles. The molecule has 0 atom stereocenters. The zero-order chi connectivity index (χ0) is 20.4. The van der Waals surface area contributed by atoms with Gasteiger partial charge in [0.25, 0.3) is 11.7 Å². The van der Waals surface area contributed by atoms with Gasteiger partial charge in [-0.15, -0.1) is 5.10 Å². The Bertz CT molecular complexity index is 1030. The Hall–Kier alpha value is -2.45. The number of hydrogen-bond acceptors (Lipinski definition) is 6. The molecule has 0 bridgehead atoms. The van der Waals surface area contributed by atoms with E-state index in [-0.39, 0.29) is 5.91 Å². The SMILES string of the molecule is Cc1cc(C)n2nc(SCc3ccccc3C(=O)N3CCCN(C)CC3)nc2n1. The Balaban J connectivity index is 1.51. The number of thioether (sulfide) groups is 1. The van der Waals surface area contributed by atoms with Crippen LogP contribution in [-0.2, 0) is 5.75 Å². The van der Waals surface area contributed by atoms with E-state index in [9.17, 15) is 4.79 Å². The number of aromatic nitrogens is 4. The molecular weight excluding hydrogens is 384 g/mol. The average molecular weight is 411 g/mol. The lowest BCUT2D eigenvalue weighted by molar-refractivity contribution is 0.0762. The van der Waals surface area contributed by atoms with E-state index in [4.69, 9.17) is 0 Å². The maximum Gasteiger partial charge on any atom is 0.254 e. The molecule has 4 rings (SSSR count). The van der Waals surface area contributed by atoms with Crippen LogP contribution >= 0.6 is 11.8 Å². The Kier molecular flexibility index (Phi) is 5.82. The van der Waals surface area contributed by atoms with Crippen LogP contribution in [0.4, 0.5) is 0 Å². The molecule has 0 radical (unpaired) electrons. The number of likely N-dealkylation sites (N-methyl/N-ethyl adjacent to an activating group) is 1. The first-order valence-electron chi connectivity index (χ1n) is 9.91. The Morgan fingerprint density at radius 3 is 2.79 bits per heavy atom. The molecule has 3 aromatic rings. The number of nitrogens with zero attached hydrogens (tertiary/aromatic N) is 6. The molecule has 1 aliphatic rings. The number of carbonyl (C=O) groups is 1. The maximum atomic E-state index is 13.2. The summed E-state index contributed by atoms with van der Waals surface area (Å²) < 4.78 is 1.76. The normalized spacial score (nSPS) is 15.6. The van der Waals surface area contributed by atoms with Crippen molar-refractivity contribution >= 4 is 23.4 Å². The first kappa shape index (κ1) is 19.8. The van der Waals surface area contributed by atoms with E-state index in [1.54, 1.807) is 4.52 Å². The summed E-state index contributed by atoms with van der Waals surface area (Å²) >= 11 is 1.53. The van der Waals surface area contributed by atoms with Crippen LogP contribution in [0.2, 0.25) is 0 Å². The zero-order valence-corrected chi connectivity index (χ0v) is 17.9. The molecule has 0 spiro atoms. The number of hydrogen-bond donors (Lipinski definition) is 0. The summed E-state index contributed by atoms with van der Waals surface area (Å²) in [6.45, 7) is 7.49. The smallest absolute Gasteiger partial charge is 0.254 e. The molecule has 7 nitrogen and oxygen atoms in total. The first-order chi connectivity index (χ1) is 14.0. The lowest BCUT2D eigenvalue weighted by Crippen LogP contribution is -2.35. The van der Waals surface area contributed by atoms with Crippen LogP contribution in [0.5, 0.6) is 0 Å². The zero-order valence-electron chi connectivity index (χ0n) is 17.1. The van der Waals surface area contributed by atoms with Gasteiger partial charge in [-0.25, -0.2) is 9.50 Å². The van der Waals surface area contributed by atoms with Crippen LogP contribution in [0.3, 0.4) is 0 Å². The highest BCUT2D eigenvalue weighted by molar-refractivity contribution is 7.98. The lowest BCUT2D eigenvalue weighted by Gasteiger charge is -2.22. The molecule has 2 aromatic heterocycles. The maximum absolute atomic E-state index is 13.2. The molecule has 1 amide bonds. The molecule has 1 saturated heterocycles. The summed E-state index contributed by atoms with van der Waals surface area (Å²) in [6, 6.07) is 9.86. The average Bonchev–Trinajstić information content (AvgIpc) is 2.99. The summed E-state index contributed by atoms with van der Waals surface area (Å²) in [5.74, 6) is 1.38. The fourth-order valence-corrected chi connectivity index (χ4v) is 4.45. The topological polar surface area (TPSA) is 66.6 Å². The van der Waals surface area contributed by atoms with Gasteiger partial charge in [-0.1, -0.05) is 30.0 Å². The van der Waals surface area contributed by atoms with Gasteiger partial charge in [0.1, 0.15) is 0 Å². The minimum Gasteiger partial charge on any atom is -0.337 e. The molecule has 1 fully saturated rings. The quantitative estimate of drug-likeness (QED) is 0.616. The van der Waals surface area contributed by atoms with Crippen molar-refractivity contribution in [3.63, 3.8) is 0 Å². The largest absolute Gasteiger partial charge is 0.337 e. The Morgan fingerprint density at radius 2 is 1.93 bits per heavy atom. The van der Waals surface area contributed by atoms with E-state index in [2.05, 4.69) is 27.0 Å². The summed E-state index contributed by atoms with van der Waals surface area (Å²) in [7, 11) is 2.11. The van der Waals surface area contributed by atoms with Gasteiger partial charge in [-0.3, -0.25) is 4.79 Å². The summed E-state index contributed by atoms with van der Waals surface area (Å²) in [6.07, 6.45) is 1.01. The van der Waals surface area contributed by atoms with Crippen molar-refractivity contribution in [2.24, 2.45) is 0 Å². The number of fused-ring (bicyclic) bond motifs is 1. The third-order valence-corrected chi connectivity index (χ3v) is 6.10. The van der Waals surface area contributed by atoms with Crippen molar-refractivity contribution in [2.45, 2.75) is 31.2 Å². The van der Waals surface area contributed by atoms with Crippen LogP contribution in [-0.4, -0.2) is 68.5 Å². The molecule has 152 valence electrons. The molecule has 29 heavy (non-hydrogen) atoms. The highest BCUT2D eigenvalue weighted by Crippen LogP contribution is 2.24. The van der Waals surface area contributed by atoms with Crippen LogP contribution in [0.1, 0.15) is 33.7 Å². The predicted octanol–water partition coefficient (Wildman–Crippen LogP) is 2.81. The molecule has 8 heteroatoms. The number of rotatable bonds is 4. The Morgan fingerprint density at radius 1 is 1.10 bits per heavy atom. The molecule has 0 saturated carbocycles. The summed E-state index contributed by atoms with van der Waals surface area (Å²) in [5.41, 5.74) is 3.73. The molecule has 1 aromatic carbocycles. The van der Waals surface area contributed by atoms with Gasteiger partial charge >= 0.3 is 0 Å². The highest BCUT2D eigenvalue weighted by atomic mass is 32.2. The van der Waals surface area contributed by atoms with Crippen molar-refractivity contribution in [3.05, 3.63) is 52.8 Å². The van der Waals surface area contributed by atoms with Gasteiger partial charge in [0.2, 0.25) is 5.16 Å². The lowest BCUT2D eigenvalue weighted by atomic mass is 10.1. The first-order valence-corrected chi connectivity index (χ1v) is 10.9. The van der Waals surface area contributed by atoms with Crippen LogP contribution in [0.15, 0.2) is 35.5 Å². The van der Waals surface area contributed by atoms with Gasteiger partial charge in [0.05, 0.1) is 0 Å². The predicted molar refractivity (Wildman–Crippen MR) is 114 cm³/mol. The van der Waals surface area contributed by atoms with Crippen LogP contribution in [0.25, 0.3) is 5.78 Å². The van der Waals surface area contributed by atoms with Gasteiger partial charge in [-0.05, 0) is 51.6 Å². The van der Waals surface area contributed by atoms with E-state index < -0.39 is 0 Å². The molecule has 0 N–H and O–H groups in total. The minimum absolute atomic E-state index is 0.118. The van der Waals surface area contributed by atoms with Crippen molar-refractivity contribution < 1.29 is 4.79 Å². The van der Waals surface area contributed by atoms with Crippen molar-refractivity contribution in [2.75, 3.05) is 33.2 Å². The van der Waals surface area contributed by atoms with Gasteiger partial charge in [0, 0.05) is 42.3 Å². The Labute approximate surface area is 175 Å². The number of carbonyl (C=O) groups excluding carboxylic acids is 1. The van der Waals surface area contributed by atoms with E-state index in [0.717, 1.165) is 55.1 Å². The van der Waals surface area contributed by atoms with Gasteiger partial charge < -0.3 is 9.80 Å². The second kappa shape index (κ2) is 8.51. The van der Waals surface area contributed by atoms with Crippen molar-refractivity contribution in [1.29, 1.82) is 0 Å². The highest BCUT2D eigenvalue weighted by Gasteiger charge is 2.21. The summed E-state index contributed by atoms with van der Waals surface area (Å²) in [5, 5.41) is 5.23. The van der Waals surface area contributed by atoms with Gasteiger partial charge in [-0.2, -0.15) is 4.98 Å². The van der Waals surface area contributed by atoms with E-state index in [0.29, 0.717) is 16.7 Å². The molecule has 0 unspecified atom stereocenters. The summed E-state index contributed by atoms with van der Waals surface area (Å²) in [4.78, 5) is 26.4. The standard InChI is InChI=1S/C21H26N6OS/c1-15-13-16(2)27-20(22-15)23-21(24-27)29-14-17-7-4-5-8-18(17)19(28)26-10-6-9-25(3)11-12-26/h4-5,7-8,13H,6,9-12,14H2,1-3H3. The molecular formula is C21H26N6OS. The fraction of sp³-hybridized carbons (Fsp3) is 0.429. The third-order valence-electron chi connectivity index (χ3n) is 5.21. The van der Waals surface area contributed by atoms with Crippen LogP contribution in [0, 0.1) is 13.8 Å². The third kappa shape index (κ3) is 4.43. The number of benzene rings is 1. The minimum atomic E-state index is 0.118. The second-order valence-corrected chi connectivity index (χ2v) is 8.48. The van der Waals surface area contributed by atoms with Crippen LogP contribution < -0.4 is 0 Å². The fourth-order valence-electron chi connectivity index (χ4n) is 3.63. The number of amides is 1. The van der Waals surface area contributed by atoms with E-state index in [1.165, 1.54) is 11.8 Å². The van der Waals surface area contributed by atoms with Crippen molar-refractivity contribution in [3.8, 4) is 0 Å². The molecule has 1 aliphatic heterocycles. The van der Waals surface area contributed by atoms with E-state index in [1.807, 2.05) is 49.1 Å².